The standard InChI is InChI=1S/C22H32O4/c1-4-5-6-7-8-9-10-11-12-13-17-14-19-20(22(23)26-17)15-18(24-2)16-21(19)25-3/h14-16H,4-13H2,1-3H3. The SMILES string of the molecule is CCCCCCCCCCCc1cc2c(OC)cc(OC)cc2c(=O)o1. The first-order valence-electron chi connectivity index (χ1n) is 9.88. The van der Waals surface area contributed by atoms with Gasteiger partial charge in [0.15, 0.2) is 0 Å². The molecule has 0 amide bonds. The molecular weight excluding hydrogens is 328 g/mol. The molecule has 4 nitrogen and oxygen atoms in total. The molecule has 0 saturated heterocycles. The van der Waals surface area contributed by atoms with Crippen LogP contribution in [-0.2, 0) is 6.42 Å². The number of methoxy groups -OCH3 is 2. The van der Waals surface area contributed by atoms with Crippen molar-refractivity contribution in [3.63, 3.8) is 0 Å². The summed E-state index contributed by atoms with van der Waals surface area (Å²) in [6.07, 6.45) is 12.3. The lowest BCUT2D eigenvalue weighted by atomic mass is 10.1. The summed E-state index contributed by atoms with van der Waals surface area (Å²) in [7, 11) is 3.17. The third-order valence-corrected chi connectivity index (χ3v) is 4.85. The lowest BCUT2D eigenvalue weighted by Crippen LogP contribution is -2.04. The molecule has 26 heavy (non-hydrogen) atoms. The van der Waals surface area contributed by atoms with Crippen molar-refractivity contribution < 1.29 is 13.9 Å². The first-order valence-corrected chi connectivity index (χ1v) is 9.88. The fourth-order valence-electron chi connectivity index (χ4n) is 3.30. The Balaban J connectivity index is 1.89. The molecule has 0 aliphatic heterocycles. The Morgan fingerprint density at radius 1 is 0.808 bits per heavy atom. The van der Waals surface area contributed by atoms with Gasteiger partial charge in [0.2, 0.25) is 0 Å². The number of hydrogen-bond acceptors (Lipinski definition) is 4. The van der Waals surface area contributed by atoms with E-state index in [4.69, 9.17) is 13.9 Å². The van der Waals surface area contributed by atoms with E-state index in [2.05, 4.69) is 6.92 Å². The Hall–Kier alpha value is -1.97. The van der Waals surface area contributed by atoms with Gasteiger partial charge in [0, 0.05) is 17.9 Å². The topological polar surface area (TPSA) is 48.7 Å². The van der Waals surface area contributed by atoms with Crippen molar-refractivity contribution in [1.29, 1.82) is 0 Å². The molecule has 2 rings (SSSR count). The van der Waals surface area contributed by atoms with E-state index in [0.717, 1.165) is 24.0 Å². The molecule has 0 atom stereocenters. The van der Waals surface area contributed by atoms with E-state index in [1.807, 2.05) is 6.07 Å². The van der Waals surface area contributed by atoms with Crippen LogP contribution in [0.15, 0.2) is 27.4 Å². The number of benzene rings is 1. The summed E-state index contributed by atoms with van der Waals surface area (Å²) in [6, 6.07) is 5.43. The molecule has 1 heterocycles. The van der Waals surface area contributed by atoms with Gasteiger partial charge in [-0.2, -0.15) is 0 Å². The zero-order valence-corrected chi connectivity index (χ0v) is 16.4. The minimum Gasteiger partial charge on any atom is -0.497 e. The van der Waals surface area contributed by atoms with Gasteiger partial charge < -0.3 is 13.9 Å². The highest BCUT2D eigenvalue weighted by molar-refractivity contribution is 5.89. The maximum atomic E-state index is 12.3. The fourth-order valence-corrected chi connectivity index (χ4v) is 3.30. The van der Waals surface area contributed by atoms with Crippen LogP contribution in [0.5, 0.6) is 11.5 Å². The molecule has 0 spiro atoms. The molecule has 4 heteroatoms. The summed E-state index contributed by atoms with van der Waals surface area (Å²) in [5, 5.41) is 1.28. The van der Waals surface area contributed by atoms with Gasteiger partial charge >= 0.3 is 5.63 Å². The molecule has 1 aromatic carbocycles. The molecule has 0 fully saturated rings. The van der Waals surface area contributed by atoms with Crippen molar-refractivity contribution >= 4 is 10.8 Å². The number of rotatable bonds is 12. The van der Waals surface area contributed by atoms with E-state index in [0.29, 0.717) is 16.9 Å². The lowest BCUT2D eigenvalue weighted by molar-refractivity contribution is 0.396. The van der Waals surface area contributed by atoms with E-state index >= 15 is 0 Å². The second kappa shape index (κ2) is 10.9. The molecule has 0 unspecified atom stereocenters. The summed E-state index contributed by atoms with van der Waals surface area (Å²) in [4.78, 5) is 12.3. The molecule has 1 aromatic heterocycles. The second-order valence-electron chi connectivity index (χ2n) is 6.87. The Morgan fingerprint density at radius 2 is 1.46 bits per heavy atom. The molecule has 0 aliphatic rings. The average molecular weight is 360 g/mol. The largest absolute Gasteiger partial charge is 0.497 e. The van der Waals surface area contributed by atoms with Crippen LogP contribution in [0.25, 0.3) is 10.8 Å². The van der Waals surface area contributed by atoms with Crippen LogP contribution in [0.2, 0.25) is 0 Å². The molecule has 0 N–H and O–H groups in total. The summed E-state index contributed by atoms with van der Waals surface area (Å²) in [5.41, 5.74) is -0.328. The zero-order valence-electron chi connectivity index (χ0n) is 16.4. The minimum absolute atomic E-state index is 0.328. The number of fused-ring (bicyclic) bond motifs is 1. The summed E-state index contributed by atoms with van der Waals surface area (Å²) >= 11 is 0. The third kappa shape index (κ3) is 5.79. The number of aryl methyl sites for hydroxylation is 1. The van der Waals surface area contributed by atoms with Crippen LogP contribution < -0.4 is 15.1 Å². The van der Waals surface area contributed by atoms with Crippen LogP contribution in [0.3, 0.4) is 0 Å². The van der Waals surface area contributed by atoms with Crippen molar-refractivity contribution in [2.24, 2.45) is 0 Å². The third-order valence-electron chi connectivity index (χ3n) is 4.85. The molecule has 0 bridgehead atoms. The number of unbranched alkanes of at least 4 members (excludes halogenated alkanes) is 8. The summed E-state index contributed by atoms with van der Waals surface area (Å²) < 4.78 is 16.1. The van der Waals surface area contributed by atoms with Crippen molar-refractivity contribution in [3.05, 3.63) is 34.4 Å². The van der Waals surface area contributed by atoms with Gasteiger partial charge in [-0.15, -0.1) is 0 Å². The van der Waals surface area contributed by atoms with Crippen LogP contribution in [0.4, 0.5) is 0 Å². The van der Waals surface area contributed by atoms with Crippen LogP contribution >= 0.6 is 0 Å². The predicted molar refractivity (Wildman–Crippen MR) is 107 cm³/mol. The lowest BCUT2D eigenvalue weighted by Gasteiger charge is -2.09. The Morgan fingerprint density at radius 3 is 2.08 bits per heavy atom. The summed E-state index contributed by atoms with van der Waals surface area (Å²) in [6.45, 7) is 2.25. The van der Waals surface area contributed by atoms with Gasteiger partial charge in [0.25, 0.3) is 0 Å². The first kappa shape index (κ1) is 20.3. The monoisotopic (exact) mass is 360 g/mol. The molecule has 2 aromatic rings. The van der Waals surface area contributed by atoms with E-state index in [-0.39, 0.29) is 5.63 Å². The normalized spacial score (nSPS) is 11.0. The highest BCUT2D eigenvalue weighted by atomic mass is 16.5. The molecule has 0 aliphatic carbocycles. The Bertz CT molecular complexity index is 733. The van der Waals surface area contributed by atoms with E-state index < -0.39 is 0 Å². The van der Waals surface area contributed by atoms with Crippen molar-refractivity contribution in [3.8, 4) is 11.5 Å². The van der Waals surface area contributed by atoms with E-state index in [9.17, 15) is 4.79 Å². The number of hydrogen-bond donors (Lipinski definition) is 0. The maximum absolute atomic E-state index is 12.3. The second-order valence-corrected chi connectivity index (χ2v) is 6.87. The zero-order chi connectivity index (χ0) is 18.8. The van der Waals surface area contributed by atoms with Crippen LogP contribution in [0, 0.1) is 0 Å². The highest BCUT2D eigenvalue weighted by Gasteiger charge is 2.11. The van der Waals surface area contributed by atoms with Crippen LogP contribution in [-0.4, -0.2) is 14.2 Å². The molecule has 0 saturated carbocycles. The van der Waals surface area contributed by atoms with Gasteiger partial charge in [0.05, 0.1) is 19.6 Å². The molecule has 0 radical (unpaired) electrons. The van der Waals surface area contributed by atoms with E-state index in [1.54, 1.807) is 26.4 Å². The first-order chi connectivity index (χ1) is 12.7. The smallest absolute Gasteiger partial charge is 0.344 e. The Kier molecular flexibility index (Phi) is 8.52. The molecule has 144 valence electrons. The van der Waals surface area contributed by atoms with Gasteiger partial charge in [-0.3, -0.25) is 0 Å². The van der Waals surface area contributed by atoms with Crippen molar-refractivity contribution in [2.75, 3.05) is 14.2 Å². The Labute approximate surface area is 156 Å². The average Bonchev–Trinajstić information content (AvgIpc) is 2.66. The van der Waals surface area contributed by atoms with Crippen molar-refractivity contribution in [1.82, 2.24) is 0 Å². The fraction of sp³-hybridized carbons (Fsp3) is 0.591. The quantitative estimate of drug-likeness (QED) is 0.443. The number of ether oxygens (including phenoxy) is 2. The molecular formula is C22H32O4. The van der Waals surface area contributed by atoms with Crippen LogP contribution in [0.1, 0.15) is 70.5 Å². The van der Waals surface area contributed by atoms with Crippen molar-refractivity contribution in [2.45, 2.75) is 71.1 Å². The summed E-state index contributed by atoms with van der Waals surface area (Å²) in [5.74, 6) is 1.96. The highest BCUT2D eigenvalue weighted by Crippen LogP contribution is 2.30. The maximum Gasteiger partial charge on any atom is 0.344 e. The van der Waals surface area contributed by atoms with Gasteiger partial charge in [-0.25, -0.2) is 4.79 Å². The van der Waals surface area contributed by atoms with Gasteiger partial charge in [0.1, 0.15) is 17.3 Å². The van der Waals surface area contributed by atoms with E-state index in [1.165, 1.54) is 51.4 Å². The van der Waals surface area contributed by atoms with Gasteiger partial charge in [-0.05, 0) is 18.6 Å². The van der Waals surface area contributed by atoms with Gasteiger partial charge in [-0.1, -0.05) is 58.3 Å². The minimum atomic E-state index is -0.328. The predicted octanol–water partition coefficient (Wildman–Crippen LogP) is 5.88.